The Bertz CT molecular complexity index is 257. The van der Waals surface area contributed by atoms with Crippen molar-refractivity contribution < 1.29 is 4.79 Å². The summed E-state index contributed by atoms with van der Waals surface area (Å²) < 4.78 is 0. The maximum absolute atomic E-state index is 12.4. The van der Waals surface area contributed by atoms with Gasteiger partial charge in [0.25, 0.3) is 0 Å². The fourth-order valence-electron chi connectivity index (χ4n) is 2.83. The van der Waals surface area contributed by atoms with Gasteiger partial charge in [0.15, 0.2) is 0 Å². The third-order valence-corrected chi connectivity index (χ3v) is 3.82. The van der Waals surface area contributed by atoms with Crippen LogP contribution >= 0.6 is 0 Å². The Hall–Kier alpha value is -0.570. The lowest BCUT2D eigenvalue weighted by molar-refractivity contribution is -0.143. The smallest absolute Gasteiger partial charge is 0.228 e. The summed E-state index contributed by atoms with van der Waals surface area (Å²) in [4.78, 5) is 14.5. The van der Waals surface area contributed by atoms with Gasteiger partial charge < -0.3 is 10.6 Å². The van der Waals surface area contributed by atoms with E-state index in [4.69, 9.17) is 5.73 Å². The lowest BCUT2D eigenvalue weighted by atomic mass is 9.82. The Kier molecular flexibility index (Phi) is 4.99. The third kappa shape index (κ3) is 3.44. The topological polar surface area (TPSA) is 46.3 Å². The van der Waals surface area contributed by atoms with Gasteiger partial charge >= 0.3 is 0 Å². The first-order valence-electron chi connectivity index (χ1n) is 6.93. The molecule has 0 aliphatic heterocycles. The molecule has 0 bridgehead atoms. The van der Waals surface area contributed by atoms with Gasteiger partial charge in [0.05, 0.1) is 0 Å². The summed E-state index contributed by atoms with van der Waals surface area (Å²) in [5.41, 5.74) is 5.57. The number of hydrogen-bond acceptors (Lipinski definition) is 2. The zero-order valence-corrected chi connectivity index (χ0v) is 11.8. The van der Waals surface area contributed by atoms with Crippen LogP contribution in [-0.4, -0.2) is 29.9 Å². The van der Waals surface area contributed by atoms with Crippen LogP contribution in [0.5, 0.6) is 0 Å². The molecule has 0 saturated heterocycles. The zero-order chi connectivity index (χ0) is 13.1. The molecule has 1 saturated carbocycles. The van der Waals surface area contributed by atoms with Crippen LogP contribution in [0.2, 0.25) is 0 Å². The Morgan fingerprint density at radius 2 is 1.88 bits per heavy atom. The molecule has 2 unspecified atom stereocenters. The standard InChI is InChI=1S/C14H28N2O/c1-5-16(13(17)14(2,3)4)12-9-7-6-8-11(12)10-15/h11-12H,5-10,15H2,1-4H3. The van der Waals surface area contributed by atoms with Gasteiger partial charge in [-0.1, -0.05) is 33.6 Å². The summed E-state index contributed by atoms with van der Waals surface area (Å²) in [6.45, 7) is 9.58. The molecule has 1 aliphatic rings. The number of carbonyl (C=O) groups excluding carboxylic acids is 1. The Labute approximate surface area is 106 Å². The average Bonchev–Trinajstić information content (AvgIpc) is 2.29. The highest BCUT2D eigenvalue weighted by atomic mass is 16.2. The van der Waals surface area contributed by atoms with E-state index in [2.05, 4.69) is 11.8 Å². The molecule has 1 rings (SSSR count). The highest BCUT2D eigenvalue weighted by molar-refractivity contribution is 5.81. The summed E-state index contributed by atoms with van der Waals surface area (Å²) in [5.74, 6) is 0.764. The van der Waals surface area contributed by atoms with E-state index in [1.54, 1.807) is 0 Å². The number of nitrogens with zero attached hydrogens (tertiary/aromatic N) is 1. The summed E-state index contributed by atoms with van der Waals surface area (Å²) in [5, 5.41) is 0. The average molecular weight is 240 g/mol. The third-order valence-electron chi connectivity index (χ3n) is 3.82. The molecular weight excluding hydrogens is 212 g/mol. The number of rotatable bonds is 3. The predicted octanol–water partition coefficient (Wildman–Crippen LogP) is 2.40. The minimum Gasteiger partial charge on any atom is -0.339 e. The van der Waals surface area contributed by atoms with Crippen LogP contribution in [0, 0.1) is 11.3 Å². The molecule has 0 radical (unpaired) electrons. The van der Waals surface area contributed by atoms with Crippen LogP contribution in [0.4, 0.5) is 0 Å². The monoisotopic (exact) mass is 240 g/mol. The van der Waals surface area contributed by atoms with Gasteiger partial charge in [-0.3, -0.25) is 4.79 Å². The van der Waals surface area contributed by atoms with E-state index in [0.717, 1.165) is 13.0 Å². The molecule has 1 aliphatic carbocycles. The summed E-state index contributed by atoms with van der Waals surface area (Å²) in [7, 11) is 0. The molecule has 1 amide bonds. The van der Waals surface area contributed by atoms with E-state index >= 15 is 0 Å². The molecule has 0 aromatic heterocycles. The minimum absolute atomic E-state index is 0.269. The van der Waals surface area contributed by atoms with Crippen molar-refractivity contribution in [3.05, 3.63) is 0 Å². The van der Waals surface area contributed by atoms with Crippen molar-refractivity contribution in [1.82, 2.24) is 4.90 Å². The number of hydrogen-bond donors (Lipinski definition) is 1. The quantitative estimate of drug-likeness (QED) is 0.823. The van der Waals surface area contributed by atoms with Gasteiger partial charge in [0.2, 0.25) is 5.91 Å². The second kappa shape index (κ2) is 5.85. The van der Waals surface area contributed by atoms with Crippen LogP contribution < -0.4 is 5.73 Å². The van der Waals surface area contributed by atoms with E-state index in [1.807, 2.05) is 20.8 Å². The van der Waals surface area contributed by atoms with Gasteiger partial charge in [0.1, 0.15) is 0 Å². The van der Waals surface area contributed by atoms with Crippen molar-refractivity contribution in [3.63, 3.8) is 0 Å². The summed E-state index contributed by atoms with van der Waals surface area (Å²) in [6, 6.07) is 0.366. The van der Waals surface area contributed by atoms with E-state index in [9.17, 15) is 4.79 Å². The van der Waals surface area contributed by atoms with Gasteiger partial charge in [-0.25, -0.2) is 0 Å². The Balaban J connectivity index is 2.81. The first-order valence-corrected chi connectivity index (χ1v) is 6.93. The van der Waals surface area contributed by atoms with Gasteiger partial charge in [0, 0.05) is 18.0 Å². The van der Waals surface area contributed by atoms with Crippen LogP contribution in [-0.2, 0) is 4.79 Å². The Morgan fingerprint density at radius 1 is 1.29 bits per heavy atom. The summed E-state index contributed by atoms with van der Waals surface area (Å²) in [6.07, 6.45) is 4.79. The fraction of sp³-hybridized carbons (Fsp3) is 0.929. The lowest BCUT2D eigenvalue weighted by Gasteiger charge is -2.41. The van der Waals surface area contributed by atoms with Crippen LogP contribution in [0.1, 0.15) is 53.4 Å². The minimum atomic E-state index is -0.285. The first-order chi connectivity index (χ1) is 7.91. The van der Waals surface area contributed by atoms with E-state index in [1.165, 1.54) is 19.3 Å². The molecule has 2 N–H and O–H groups in total. The second-order valence-corrected chi connectivity index (χ2v) is 6.19. The molecule has 3 nitrogen and oxygen atoms in total. The Morgan fingerprint density at radius 3 is 2.35 bits per heavy atom. The van der Waals surface area contributed by atoms with Crippen molar-refractivity contribution in [2.75, 3.05) is 13.1 Å². The lowest BCUT2D eigenvalue weighted by Crippen LogP contribution is -2.51. The summed E-state index contributed by atoms with van der Waals surface area (Å²) >= 11 is 0. The van der Waals surface area contributed by atoms with Crippen molar-refractivity contribution >= 4 is 5.91 Å². The van der Waals surface area contributed by atoms with E-state index in [-0.39, 0.29) is 11.3 Å². The largest absolute Gasteiger partial charge is 0.339 e. The second-order valence-electron chi connectivity index (χ2n) is 6.19. The fourth-order valence-corrected chi connectivity index (χ4v) is 2.83. The number of nitrogens with two attached hydrogens (primary N) is 1. The maximum Gasteiger partial charge on any atom is 0.228 e. The van der Waals surface area contributed by atoms with E-state index < -0.39 is 0 Å². The van der Waals surface area contributed by atoms with Crippen molar-refractivity contribution in [2.24, 2.45) is 17.1 Å². The van der Waals surface area contributed by atoms with E-state index in [0.29, 0.717) is 18.5 Å². The molecule has 100 valence electrons. The molecule has 0 aromatic carbocycles. The van der Waals surface area contributed by atoms with Crippen LogP contribution in [0.15, 0.2) is 0 Å². The predicted molar refractivity (Wildman–Crippen MR) is 71.6 cm³/mol. The molecule has 0 spiro atoms. The zero-order valence-electron chi connectivity index (χ0n) is 11.8. The highest BCUT2D eigenvalue weighted by Crippen LogP contribution is 2.30. The molecule has 0 aromatic rings. The molecule has 1 fully saturated rings. The normalized spacial score (nSPS) is 25.7. The van der Waals surface area contributed by atoms with Gasteiger partial charge in [-0.05, 0) is 32.2 Å². The van der Waals surface area contributed by atoms with Crippen LogP contribution in [0.25, 0.3) is 0 Å². The van der Waals surface area contributed by atoms with Gasteiger partial charge in [-0.2, -0.15) is 0 Å². The molecule has 3 heteroatoms. The molecular formula is C14H28N2O. The number of amides is 1. The first kappa shape index (κ1) is 14.5. The number of carbonyl (C=O) groups is 1. The van der Waals surface area contributed by atoms with Crippen molar-refractivity contribution in [2.45, 2.75) is 59.4 Å². The van der Waals surface area contributed by atoms with Crippen molar-refractivity contribution in [3.8, 4) is 0 Å². The molecule has 17 heavy (non-hydrogen) atoms. The highest BCUT2D eigenvalue weighted by Gasteiger charge is 2.35. The van der Waals surface area contributed by atoms with Gasteiger partial charge in [-0.15, -0.1) is 0 Å². The molecule has 0 heterocycles. The molecule has 2 atom stereocenters. The van der Waals surface area contributed by atoms with Crippen LogP contribution in [0.3, 0.4) is 0 Å². The maximum atomic E-state index is 12.4. The van der Waals surface area contributed by atoms with Crippen molar-refractivity contribution in [1.29, 1.82) is 0 Å². The SMILES string of the molecule is CCN(C(=O)C(C)(C)C)C1CCCCC1CN.